The normalized spacial score (nSPS) is 21.8. The number of anilines is 1. The summed E-state index contributed by atoms with van der Waals surface area (Å²) in [6, 6.07) is 11.3. The fourth-order valence-corrected chi connectivity index (χ4v) is 4.32. The van der Waals surface area contributed by atoms with E-state index in [1.807, 2.05) is 23.1 Å². The zero-order valence-electron chi connectivity index (χ0n) is 17.5. The fraction of sp³-hybridized carbons (Fsp3) is 0.409. The van der Waals surface area contributed by atoms with Crippen LogP contribution in [0.15, 0.2) is 48.7 Å². The number of ether oxygens (including phenoxy) is 1. The number of rotatable bonds is 4. The van der Waals surface area contributed by atoms with E-state index in [9.17, 15) is 22.8 Å². The van der Waals surface area contributed by atoms with Crippen molar-refractivity contribution in [3.05, 3.63) is 59.2 Å². The summed E-state index contributed by atoms with van der Waals surface area (Å²) in [4.78, 5) is 34.3. The molecule has 1 aromatic heterocycles. The van der Waals surface area contributed by atoms with Gasteiger partial charge in [-0.15, -0.1) is 0 Å². The Hall–Kier alpha value is -2.85. The number of likely N-dealkylation sites (tertiary alicyclic amines) is 1. The molecule has 2 atom stereocenters. The Morgan fingerprint density at radius 2 is 1.70 bits per heavy atom. The van der Waals surface area contributed by atoms with Gasteiger partial charge in [0.05, 0.1) is 12.6 Å². The van der Waals surface area contributed by atoms with Gasteiger partial charge in [-0.3, -0.25) is 9.69 Å². The SMILES string of the molecule is O=C(c1ccc(Cl)cc1)N1C[C@H](OC(=O)C(F)(F)F)[C@@H](N2CCN(c3ccccn3)CC2)C1. The zero-order chi connectivity index (χ0) is 23.6. The second-order valence-corrected chi connectivity index (χ2v) is 8.37. The van der Waals surface area contributed by atoms with E-state index in [0.29, 0.717) is 36.8 Å². The topological polar surface area (TPSA) is 66.0 Å². The Bertz CT molecular complexity index is 983. The molecular weight excluding hydrogens is 461 g/mol. The molecule has 2 fully saturated rings. The maximum absolute atomic E-state index is 12.9. The number of carbonyl (C=O) groups excluding carboxylic acids is 2. The van der Waals surface area contributed by atoms with Crippen LogP contribution in [0.3, 0.4) is 0 Å². The molecule has 0 bridgehead atoms. The molecule has 2 aliphatic heterocycles. The van der Waals surface area contributed by atoms with Crippen molar-refractivity contribution in [2.75, 3.05) is 44.2 Å². The molecular formula is C22H22ClF3N4O3. The summed E-state index contributed by atoms with van der Waals surface area (Å²) < 4.78 is 43.5. The van der Waals surface area contributed by atoms with Gasteiger partial charge in [0.1, 0.15) is 11.9 Å². The lowest BCUT2D eigenvalue weighted by Gasteiger charge is -2.39. The first-order chi connectivity index (χ1) is 15.7. The van der Waals surface area contributed by atoms with Crippen LogP contribution in [0.5, 0.6) is 0 Å². The van der Waals surface area contributed by atoms with Gasteiger partial charge in [-0.05, 0) is 36.4 Å². The van der Waals surface area contributed by atoms with Crippen LogP contribution in [0.25, 0.3) is 0 Å². The van der Waals surface area contributed by atoms with E-state index < -0.39 is 24.3 Å². The maximum atomic E-state index is 12.9. The van der Waals surface area contributed by atoms with Crippen molar-refractivity contribution in [1.82, 2.24) is 14.8 Å². The van der Waals surface area contributed by atoms with Crippen molar-refractivity contribution < 1.29 is 27.5 Å². The monoisotopic (exact) mass is 482 g/mol. The Balaban J connectivity index is 1.48. The molecule has 2 aromatic rings. The van der Waals surface area contributed by atoms with Gasteiger partial charge >= 0.3 is 12.1 Å². The number of hydrogen-bond donors (Lipinski definition) is 0. The summed E-state index contributed by atoms with van der Waals surface area (Å²) in [6.45, 7) is 2.32. The van der Waals surface area contributed by atoms with E-state index in [4.69, 9.17) is 16.3 Å². The molecule has 33 heavy (non-hydrogen) atoms. The quantitative estimate of drug-likeness (QED) is 0.624. The third-order valence-electron chi connectivity index (χ3n) is 5.86. The van der Waals surface area contributed by atoms with Crippen LogP contribution in [-0.2, 0) is 9.53 Å². The van der Waals surface area contributed by atoms with E-state index in [1.54, 1.807) is 30.5 Å². The highest BCUT2D eigenvalue weighted by Crippen LogP contribution is 2.27. The number of piperazine rings is 1. The average molecular weight is 483 g/mol. The van der Waals surface area contributed by atoms with E-state index in [0.717, 1.165) is 5.82 Å². The number of benzene rings is 1. The summed E-state index contributed by atoms with van der Waals surface area (Å²) in [5.74, 6) is -1.78. The lowest BCUT2D eigenvalue weighted by atomic mass is 10.1. The molecule has 0 N–H and O–H groups in total. The van der Waals surface area contributed by atoms with Gasteiger partial charge in [0.2, 0.25) is 0 Å². The van der Waals surface area contributed by atoms with Gasteiger partial charge < -0.3 is 14.5 Å². The van der Waals surface area contributed by atoms with E-state index in [2.05, 4.69) is 9.88 Å². The van der Waals surface area contributed by atoms with Gasteiger partial charge in [-0.2, -0.15) is 13.2 Å². The summed E-state index contributed by atoms with van der Waals surface area (Å²) in [5.41, 5.74) is 0.362. The smallest absolute Gasteiger partial charge is 0.452 e. The van der Waals surface area contributed by atoms with Crippen LogP contribution in [-0.4, -0.2) is 84.3 Å². The third kappa shape index (κ3) is 5.39. The molecule has 0 unspecified atom stereocenters. The van der Waals surface area contributed by atoms with Crippen molar-refractivity contribution in [3.8, 4) is 0 Å². The molecule has 176 valence electrons. The van der Waals surface area contributed by atoms with Crippen molar-refractivity contribution in [2.45, 2.75) is 18.3 Å². The van der Waals surface area contributed by atoms with Crippen molar-refractivity contribution in [2.24, 2.45) is 0 Å². The van der Waals surface area contributed by atoms with Crippen LogP contribution in [0.1, 0.15) is 10.4 Å². The molecule has 1 aromatic carbocycles. The Morgan fingerprint density at radius 3 is 2.30 bits per heavy atom. The molecule has 0 radical (unpaired) electrons. The van der Waals surface area contributed by atoms with Gasteiger partial charge in [0.25, 0.3) is 5.91 Å². The zero-order valence-corrected chi connectivity index (χ0v) is 18.3. The highest BCUT2D eigenvalue weighted by Gasteiger charge is 2.47. The number of esters is 1. The van der Waals surface area contributed by atoms with E-state index in [-0.39, 0.29) is 19.0 Å². The van der Waals surface area contributed by atoms with Crippen LogP contribution in [0.2, 0.25) is 5.02 Å². The first-order valence-electron chi connectivity index (χ1n) is 10.4. The molecule has 1 amide bonds. The Kier molecular flexibility index (Phi) is 6.76. The molecule has 0 spiro atoms. The summed E-state index contributed by atoms with van der Waals surface area (Å²) in [7, 11) is 0. The highest BCUT2D eigenvalue weighted by molar-refractivity contribution is 6.30. The molecule has 0 saturated carbocycles. The second kappa shape index (κ2) is 9.56. The number of alkyl halides is 3. The van der Waals surface area contributed by atoms with Gasteiger partial charge in [-0.25, -0.2) is 9.78 Å². The van der Waals surface area contributed by atoms with Crippen LogP contribution in [0, 0.1) is 0 Å². The average Bonchev–Trinajstić information content (AvgIpc) is 3.23. The highest BCUT2D eigenvalue weighted by atomic mass is 35.5. The minimum absolute atomic E-state index is 0.117. The number of aromatic nitrogens is 1. The largest absolute Gasteiger partial charge is 0.490 e. The van der Waals surface area contributed by atoms with Crippen molar-refractivity contribution >= 4 is 29.3 Å². The van der Waals surface area contributed by atoms with Gasteiger partial charge in [0, 0.05) is 49.5 Å². The minimum atomic E-state index is -5.10. The minimum Gasteiger partial charge on any atom is -0.452 e. The molecule has 0 aliphatic carbocycles. The number of hydrogen-bond acceptors (Lipinski definition) is 6. The van der Waals surface area contributed by atoms with Crippen LogP contribution >= 0.6 is 11.6 Å². The molecule has 11 heteroatoms. The second-order valence-electron chi connectivity index (χ2n) is 7.94. The van der Waals surface area contributed by atoms with E-state index in [1.165, 1.54) is 4.90 Å². The lowest BCUT2D eigenvalue weighted by molar-refractivity contribution is -0.206. The first-order valence-corrected chi connectivity index (χ1v) is 10.8. The number of pyridine rings is 1. The number of nitrogens with zero attached hydrogens (tertiary/aromatic N) is 4. The lowest BCUT2D eigenvalue weighted by Crippen LogP contribution is -2.55. The molecule has 2 saturated heterocycles. The number of amides is 1. The predicted molar refractivity (Wildman–Crippen MR) is 115 cm³/mol. The Morgan fingerprint density at radius 1 is 1.00 bits per heavy atom. The molecule has 7 nitrogen and oxygen atoms in total. The van der Waals surface area contributed by atoms with E-state index >= 15 is 0 Å². The maximum Gasteiger partial charge on any atom is 0.490 e. The van der Waals surface area contributed by atoms with Crippen LogP contribution in [0.4, 0.5) is 19.0 Å². The Labute approximate surface area is 193 Å². The fourth-order valence-electron chi connectivity index (χ4n) is 4.19. The standard InChI is InChI=1S/C22H22ClF3N4O3/c23-16-6-4-15(5-7-16)20(31)30-13-17(18(14-30)33-21(32)22(24,25)26)28-9-11-29(12-10-28)19-3-1-2-8-27-19/h1-8,17-18H,9-14H2/t17-,18-/m0/s1. The molecule has 4 rings (SSSR count). The summed E-state index contributed by atoms with van der Waals surface area (Å²) >= 11 is 5.88. The summed E-state index contributed by atoms with van der Waals surface area (Å²) in [6.07, 6.45) is -4.49. The van der Waals surface area contributed by atoms with Gasteiger partial charge in [-0.1, -0.05) is 17.7 Å². The number of carbonyl (C=O) groups is 2. The number of halogens is 4. The molecule has 2 aliphatic rings. The van der Waals surface area contributed by atoms with Crippen molar-refractivity contribution in [3.63, 3.8) is 0 Å². The van der Waals surface area contributed by atoms with Crippen molar-refractivity contribution in [1.29, 1.82) is 0 Å². The third-order valence-corrected chi connectivity index (χ3v) is 6.11. The molecule has 3 heterocycles. The summed E-state index contributed by atoms with van der Waals surface area (Å²) in [5, 5.41) is 0.466. The first kappa shape index (κ1) is 23.3. The predicted octanol–water partition coefficient (Wildman–Crippen LogP) is 2.86. The van der Waals surface area contributed by atoms with Gasteiger partial charge in [0.15, 0.2) is 0 Å². The van der Waals surface area contributed by atoms with Crippen LogP contribution < -0.4 is 4.90 Å².